The van der Waals surface area contributed by atoms with Crippen LogP contribution in [0.2, 0.25) is 0 Å². The Morgan fingerprint density at radius 3 is 3.13 bits per heavy atom. The minimum Gasteiger partial charge on any atom is -0.394 e. The summed E-state index contributed by atoms with van der Waals surface area (Å²) in [4.78, 5) is 14.6. The first-order valence-electron chi connectivity index (χ1n) is 10.4. The Kier molecular flexibility index (Phi) is 4.13. The van der Waals surface area contributed by atoms with Crippen molar-refractivity contribution in [2.24, 2.45) is 0 Å². The molecule has 0 saturated carbocycles. The van der Waals surface area contributed by atoms with Gasteiger partial charge in [-0.15, -0.1) is 5.10 Å². The first kappa shape index (κ1) is 18.0. The van der Waals surface area contributed by atoms with Crippen LogP contribution in [0.5, 0.6) is 0 Å². The molecule has 1 saturated heterocycles. The Morgan fingerprint density at radius 2 is 2.19 bits per heavy atom. The largest absolute Gasteiger partial charge is 0.394 e. The third kappa shape index (κ3) is 3.10. The van der Waals surface area contributed by atoms with Crippen LogP contribution in [0, 0.1) is 0 Å². The SMILES string of the molecule is OC[C@@H]1CCCN1c1nc(Nc2cn(-c3ccc4[nH]ccc4c3)cn2)c2cccn2n1. The fraction of sp³-hybridized carbons (Fsp3) is 0.227. The second-order valence-corrected chi connectivity index (χ2v) is 7.81. The molecular weight excluding hydrogens is 392 g/mol. The van der Waals surface area contributed by atoms with Crippen molar-refractivity contribution in [3.05, 3.63) is 61.3 Å². The second kappa shape index (κ2) is 7.13. The lowest BCUT2D eigenvalue weighted by atomic mass is 10.2. The summed E-state index contributed by atoms with van der Waals surface area (Å²) in [5, 5.41) is 18.9. The summed E-state index contributed by atoms with van der Waals surface area (Å²) in [7, 11) is 0. The number of hydrogen-bond acceptors (Lipinski definition) is 6. The highest BCUT2D eigenvalue weighted by molar-refractivity contribution is 5.81. The highest BCUT2D eigenvalue weighted by atomic mass is 16.3. The van der Waals surface area contributed by atoms with Crippen LogP contribution < -0.4 is 10.2 Å². The molecule has 0 radical (unpaired) electrons. The molecule has 1 aliphatic heterocycles. The Morgan fingerprint density at radius 1 is 1.23 bits per heavy atom. The smallest absolute Gasteiger partial charge is 0.245 e. The molecule has 1 atom stereocenters. The van der Waals surface area contributed by atoms with Crippen LogP contribution >= 0.6 is 0 Å². The van der Waals surface area contributed by atoms with Gasteiger partial charge in [0.1, 0.15) is 17.7 Å². The molecule has 156 valence electrons. The topological polar surface area (TPSA) is 99.3 Å². The molecule has 31 heavy (non-hydrogen) atoms. The van der Waals surface area contributed by atoms with Crippen molar-refractivity contribution in [2.75, 3.05) is 23.4 Å². The maximum atomic E-state index is 9.70. The van der Waals surface area contributed by atoms with E-state index in [0.29, 0.717) is 17.6 Å². The van der Waals surface area contributed by atoms with E-state index >= 15 is 0 Å². The van der Waals surface area contributed by atoms with E-state index in [1.165, 1.54) is 0 Å². The standard InChI is InChI=1S/C22H22N8O/c31-13-17-3-1-9-29(17)22-26-21(19-4-2-10-30(19)27-22)25-20-12-28(14-24-20)16-5-6-18-15(11-16)7-8-23-18/h2,4-8,10-12,14,17,23,31H,1,3,9,13H2,(H,25,26,27)/t17-/m0/s1. The van der Waals surface area contributed by atoms with Gasteiger partial charge in [-0.3, -0.25) is 0 Å². The van der Waals surface area contributed by atoms with Gasteiger partial charge in [-0.1, -0.05) is 0 Å². The fourth-order valence-electron chi connectivity index (χ4n) is 4.28. The van der Waals surface area contributed by atoms with Gasteiger partial charge in [-0.05, 0) is 49.2 Å². The number of rotatable bonds is 5. The first-order valence-corrected chi connectivity index (χ1v) is 10.4. The average molecular weight is 414 g/mol. The number of nitrogens with one attached hydrogen (secondary N) is 2. The number of nitrogens with zero attached hydrogens (tertiary/aromatic N) is 6. The number of aromatic nitrogens is 6. The van der Waals surface area contributed by atoms with Gasteiger partial charge in [0.25, 0.3) is 0 Å². The average Bonchev–Trinajstić information content (AvgIpc) is 3.59. The molecule has 5 aromatic rings. The molecule has 0 spiro atoms. The number of H-pyrrole nitrogens is 1. The van der Waals surface area contributed by atoms with E-state index in [1.54, 1.807) is 6.33 Å². The van der Waals surface area contributed by atoms with E-state index < -0.39 is 0 Å². The second-order valence-electron chi connectivity index (χ2n) is 7.81. The molecule has 1 fully saturated rings. The molecule has 6 rings (SSSR count). The highest BCUT2D eigenvalue weighted by Gasteiger charge is 2.27. The van der Waals surface area contributed by atoms with Crippen molar-refractivity contribution < 1.29 is 5.11 Å². The lowest BCUT2D eigenvalue weighted by molar-refractivity contribution is 0.265. The van der Waals surface area contributed by atoms with E-state index in [0.717, 1.165) is 41.5 Å². The number of hydrogen-bond donors (Lipinski definition) is 3. The highest BCUT2D eigenvalue weighted by Crippen LogP contribution is 2.27. The molecule has 3 N–H and O–H groups in total. The monoisotopic (exact) mass is 414 g/mol. The zero-order valence-corrected chi connectivity index (χ0v) is 16.8. The minimum atomic E-state index is 0.0587. The Bertz CT molecular complexity index is 1370. The van der Waals surface area contributed by atoms with E-state index in [2.05, 4.69) is 49.5 Å². The predicted molar refractivity (Wildman–Crippen MR) is 119 cm³/mol. The van der Waals surface area contributed by atoms with Crippen LogP contribution in [0.25, 0.3) is 22.1 Å². The zero-order valence-electron chi connectivity index (χ0n) is 16.8. The lowest BCUT2D eigenvalue weighted by Gasteiger charge is -2.23. The summed E-state index contributed by atoms with van der Waals surface area (Å²) >= 11 is 0. The molecule has 5 heterocycles. The summed E-state index contributed by atoms with van der Waals surface area (Å²) in [6.45, 7) is 0.944. The Balaban J connectivity index is 1.34. The molecule has 9 nitrogen and oxygen atoms in total. The normalized spacial score (nSPS) is 16.5. The van der Waals surface area contributed by atoms with E-state index in [-0.39, 0.29) is 12.6 Å². The maximum Gasteiger partial charge on any atom is 0.245 e. The van der Waals surface area contributed by atoms with Crippen molar-refractivity contribution in [3.63, 3.8) is 0 Å². The molecular formula is C22H22N8O. The van der Waals surface area contributed by atoms with E-state index in [1.807, 2.05) is 39.8 Å². The molecule has 1 aliphatic rings. The Labute approximate surface area is 178 Å². The summed E-state index contributed by atoms with van der Waals surface area (Å²) in [6, 6.07) is 12.3. The molecule has 0 amide bonds. The van der Waals surface area contributed by atoms with Crippen LogP contribution in [0.3, 0.4) is 0 Å². The number of benzene rings is 1. The van der Waals surface area contributed by atoms with Crippen molar-refractivity contribution in [3.8, 4) is 5.69 Å². The van der Waals surface area contributed by atoms with Crippen LogP contribution in [0.1, 0.15) is 12.8 Å². The lowest BCUT2D eigenvalue weighted by Crippen LogP contribution is -2.34. The van der Waals surface area contributed by atoms with Gasteiger partial charge in [0, 0.05) is 35.5 Å². The number of fused-ring (bicyclic) bond motifs is 2. The van der Waals surface area contributed by atoms with Crippen LogP contribution in [0.15, 0.2) is 61.3 Å². The molecule has 0 aliphatic carbocycles. The first-order chi connectivity index (χ1) is 15.3. The molecule has 9 heteroatoms. The van der Waals surface area contributed by atoms with Gasteiger partial charge in [0.05, 0.1) is 18.8 Å². The predicted octanol–water partition coefficient (Wildman–Crippen LogP) is 3.10. The number of anilines is 3. The molecule has 0 bridgehead atoms. The van der Waals surface area contributed by atoms with Gasteiger partial charge in [0.2, 0.25) is 5.95 Å². The summed E-state index contributed by atoms with van der Waals surface area (Å²) in [6.07, 6.45) is 9.55. The molecule has 4 aromatic heterocycles. The fourth-order valence-corrected chi connectivity index (χ4v) is 4.28. The van der Waals surface area contributed by atoms with Gasteiger partial charge in [-0.2, -0.15) is 4.98 Å². The van der Waals surface area contributed by atoms with Gasteiger partial charge in [-0.25, -0.2) is 9.50 Å². The number of imidazole rings is 1. The van der Waals surface area contributed by atoms with Crippen molar-refractivity contribution in [1.82, 2.24) is 29.1 Å². The minimum absolute atomic E-state index is 0.0587. The zero-order chi connectivity index (χ0) is 20.8. The van der Waals surface area contributed by atoms with Gasteiger partial charge in [0.15, 0.2) is 5.82 Å². The summed E-state index contributed by atoms with van der Waals surface area (Å²) < 4.78 is 3.79. The van der Waals surface area contributed by atoms with E-state index in [9.17, 15) is 5.11 Å². The van der Waals surface area contributed by atoms with Gasteiger partial charge < -0.3 is 24.9 Å². The Hall–Kier alpha value is -3.85. The molecule has 1 aromatic carbocycles. The molecule has 0 unspecified atom stereocenters. The maximum absolute atomic E-state index is 9.70. The summed E-state index contributed by atoms with van der Waals surface area (Å²) in [5.41, 5.74) is 3.01. The van der Waals surface area contributed by atoms with Crippen LogP contribution in [0.4, 0.5) is 17.6 Å². The van der Waals surface area contributed by atoms with Gasteiger partial charge >= 0.3 is 0 Å². The number of aliphatic hydroxyl groups is 1. The third-order valence-electron chi connectivity index (χ3n) is 5.89. The van der Waals surface area contributed by atoms with E-state index in [4.69, 9.17) is 4.98 Å². The van der Waals surface area contributed by atoms with Crippen molar-refractivity contribution >= 4 is 34.0 Å². The number of aromatic amines is 1. The van der Waals surface area contributed by atoms with Crippen molar-refractivity contribution in [2.45, 2.75) is 18.9 Å². The third-order valence-corrected chi connectivity index (χ3v) is 5.89. The van der Waals surface area contributed by atoms with Crippen molar-refractivity contribution in [1.29, 1.82) is 0 Å². The summed E-state index contributed by atoms with van der Waals surface area (Å²) in [5.74, 6) is 1.99. The number of aliphatic hydroxyl groups excluding tert-OH is 1. The van der Waals surface area contributed by atoms with Crippen LogP contribution in [-0.4, -0.2) is 53.4 Å². The quantitative estimate of drug-likeness (QED) is 0.409. The van der Waals surface area contributed by atoms with Crippen LogP contribution in [-0.2, 0) is 0 Å².